The van der Waals surface area contributed by atoms with Crippen LogP contribution in [0.4, 0.5) is 0 Å². The quantitative estimate of drug-likeness (QED) is 0.609. The number of hydrogen-bond donors (Lipinski definition) is 0. The van der Waals surface area contributed by atoms with E-state index < -0.39 is 9.84 Å². The average Bonchev–Trinajstić information content (AvgIpc) is 2.67. The topological polar surface area (TPSA) is 71.5 Å². The number of ketones is 1. The number of Topliss-reactive ketones (excluding diaryl/α,β-unsaturated/α-hetero) is 1. The second-order valence-electron chi connectivity index (χ2n) is 6.85. The molecule has 1 amide bonds. The summed E-state index contributed by atoms with van der Waals surface area (Å²) in [6, 6.07) is 11.4. The molecule has 0 spiro atoms. The normalized spacial score (nSPS) is 15.5. The number of sulfone groups is 1. The van der Waals surface area contributed by atoms with Crippen molar-refractivity contribution in [2.75, 3.05) is 19.3 Å². The van der Waals surface area contributed by atoms with E-state index in [4.69, 9.17) is 11.6 Å². The number of amides is 1. The van der Waals surface area contributed by atoms with Crippen molar-refractivity contribution in [2.45, 2.75) is 17.7 Å². The highest BCUT2D eigenvalue weighted by Gasteiger charge is 2.30. The number of likely N-dealkylation sites (tertiary alicyclic amines) is 1. The second-order valence-corrected chi connectivity index (χ2v) is 10.2. The monoisotopic (exact) mass is 483 g/mol. The molecule has 1 heterocycles. The van der Waals surface area contributed by atoms with E-state index in [0.29, 0.717) is 41.0 Å². The molecule has 0 unspecified atom stereocenters. The Morgan fingerprint density at radius 2 is 1.68 bits per heavy atom. The number of carbonyl (C=O) groups excluding carboxylic acids is 2. The van der Waals surface area contributed by atoms with Gasteiger partial charge in [0.2, 0.25) is 0 Å². The summed E-state index contributed by atoms with van der Waals surface area (Å²) in [4.78, 5) is 27.2. The highest BCUT2D eigenvalue weighted by molar-refractivity contribution is 9.10. The molecular formula is C20H19BrClNO4S. The van der Waals surface area contributed by atoms with Gasteiger partial charge in [-0.15, -0.1) is 0 Å². The lowest BCUT2D eigenvalue weighted by Gasteiger charge is -2.31. The summed E-state index contributed by atoms with van der Waals surface area (Å²) in [7, 11) is -3.55. The van der Waals surface area contributed by atoms with Crippen LogP contribution in [0.1, 0.15) is 33.6 Å². The summed E-state index contributed by atoms with van der Waals surface area (Å²) in [5.74, 6) is -0.445. The van der Waals surface area contributed by atoms with Crippen LogP contribution < -0.4 is 0 Å². The third kappa shape index (κ3) is 4.64. The minimum absolute atomic E-state index is 0.00578. The van der Waals surface area contributed by atoms with E-state index >= 15 is 0 Å². The number of rotatable bonds is 4. The number of benzene rings is 2. The molecule has 2 aromatic rings. The van der Waals surface area contributed by atoms with Crippen LogP contribution in [0.25, 0.3) is 0 Å². The van der Waals surface area contributed by atoms with Gasteiger partial charge in [0.25, 0.3) is 5.91 Å². The number of carbonyl (C=O) groups is 2. The highest BCUT2D eigenvalue weighted by Crippen LogP contribution is 2.27. The van der Waals surface area contributed by atoms with E-state index in [0.717, 1.165) is 6.26 Å². The third-order valence-corrected chi connectivity index (χ3v) is 6.74. The standard InChI is InChI=1S/C20H19BrClNO4S/c1-28(26,27)18-12-15(21)4-7-17(18)20(25)23-10-8-14(9-11-23)19(24)13-2-5-16(22)6-3-13/h2-7,12,14H,8-11H2,1H3. The molecule has 2 aromatic carbocycles. The van der Waals surface area contributed by atoms with Gasteiger partial charge in [-0.2, -0.15) is 0 Å². The van der Waals surface area contributed by atoms with Crippen molar-refractivity contribution in [3.8, 4) is 0 Å². The molecule has 1 aliphatic heterocycles. The molecule has 1 saturated heterocycles. The van der Waals surface area contributed by atoms with Gasteiger partial charge in [-0.1, -0.05) is 27.5 Å². The van der Waals surface area contributed by atoms with Crippen LogP contribution in [0, 0.1) is 5.92 Å². The maximum Gasteiger partial charge on any atom is 0.255 e. The lowest BCUT2D eigenvalue weighted by Crippen LogP contribution is -2.40. The van der Waals surface area contributed by atoms with Gasteiger partial charge < -0.3 is 4.90 Å². The molecule has 1 aliphatic rings. The predicted molar refractivity (Wildman–Crippen MR) is 112 cm³/mol. The fraction of sp³-hybridized carbons (Fsp3) is 0.300. The minimum Gasteiger partial charge on any atom is -0.339 e. The van der Waals surface area contributed by atoms with Gasteiger partial charge in [-0.3, -0.25) is 9.59 Å². The number of nitrogens with zero attached hydrogens (tertiary/aromatic N) is 1. The van der Waals surface area contributed by atoms with Crippen molar-refractivity contribution >= 4 is 49.1 Å². The van der Waals surface area contributed by atoms with Crippen LogP contribution in [0.3, 0.4) is 0 Å². The molecule has 28 heavy (non-hydrogen) atoms. The van der Waals surface area contributed by atoms with Gasteiger partial charge in [0.15, 0.2) is 15.6 Å². The molecule has 5 nitrogen and oxygen atoms in total. The van der Waals surface area contributed by atoms with Crippen LogP contribution in [0.15, 0.2) is 51.8 Å². The smallest absolute Gasteiger partial charge is 0.255 e. The lowest BCUT2D eigenvalue weighted by molar-refractivity contribution is 0.0647. The van der Waals surface area contributed by atoms with Crippen LogP contribution in [-0.4, -0.2) is 44.4 Å². The lowest BCUT2D eigenvalue weighted by atomic mass is 9.88. The van der Waals surface area contributed by atoms with Crippen LogP contribution in [0.2, 0.25) is 5.02 Å². The maximum absolute atomic E-state index is 12.9. The Hall–Kier alpha value is -1.70. The summed E-state index contributed by atoms with van der Waals surface area (Å²) < 4.78 is 24.7. The zero-order chi connectivity index (χ0) is 20.5. The Bertz CT molecular complexity index is 1010. The van der Waals surface area contributed by atoms with E-state index in [-0.39, 0.29) is 28.1 Å². The second kappa shape index (κ2) is 8.35. The largest absolute Gasteiger partial charge is 0.339 e. The molecule has 0 saturated carbocycles. The first-order valence-electron chi connectivity index (χ1n) is 8.75. The van der Waals surface area contributed by atoms with Gasteiger partial charge in [0.05, 0.1) is 10.5 Å². The summed E-state index contributed by atoms with van der Waals surface area (Å²) >= 11 is 9.12. The molecule has 148 valence electrons. The van der Waals surface area contributed by atoms with Crippen molar-refractivity contribution in [1.82, 2.24) is 4.90 Å². The maximum atomic E-state index is 12.9. The fourth-order valence-electron chi connectivity index (χ4n) is 3.34. The van der Waals surface area contributed by atoms with Crippen molar-refractivity contribution in [2.24, 2.45) is 5.92 Å². The van der Waals surface area contributed by atoms with Gasteiger partial charge >= 0.3 is 0 Å². The number of halogens is 2. The molecule has 0 atom stereocenters. The molecule has 0 aromatic heterocycles. The Labute approximate surface area is 177 Å². The molecular weight excluding hydrogens is 466 g/mol. The number of piperidine rings is 1. The van der Waals surface area contributed by atoms with Gasteiger partial charge in [0.1, 0.15) is 0 Å². The summed E-state index contributed by atoms with van der Waals surface area (Å²) in [6.07, 6.45) is 2.17. The molecule has 0 aliphatic carbocycles. The Balaban J connectivity index is 1.73. The highest BCUT2D eigenvalue weighted by atomic mass is 79.9. The van der Waals surface area contributed by atoms with Crippen molar-refractivity contribution in [3.05, 3.63) is 63.1 Å². The molecule has 1 fully saturated rings. The minimum atomic E-state index is -3.55. The van der Waals surface area contributed by atoms with E-state index in [1.807, 2.05) is 0 Å². The van der Waals surface area contributed by atoms with Gasteiger partial charge in [-0.25, -0.2) is 8.42 Å². The molecule has 0 radical (unpaired) electrons. The van der Waals surface area contributed by atoms with E-state index in [2.05, 4.69) is 15.9 Å². The number of hydrogen-bond acceptors (Lipinski definition) is 4. The molecule has 0 N–H and O–H groups in total. The van der Waals surface area contributed by atoms with Crippen molar-refractivity contribution in [1.29, 1.82) is 0 Å². The van der Waals surface area contributed by atoms with E-state index in [1.54, 1.807) is 35.2 Å². The van der Waals surface area contributed by atoms with E-state index in [9.17, 15) is 18.0 Å². The van der Waals surface area contributed by atoms with Gasteiger partial charge in [0, 0.05) is 40.3 Å². The predicted octanol–water partition coefficient (Wildman–Crippen LogP) is 4.24. The molecule has 3 rings (SSSR count). The van der Waals surface area contributed by atoms with Crippen LogP contribution >= 0.6 is 27.5 Å². The van der Waals surface area contributed by atoms with E-state index in [1.165, 1.54) is 12.1 Å². The Morgan fingerprint density at radius 3 is 2.25 bits per heavy atom. The first-order valence-corrected chi connectivity index (χ1v) is 11.8. The molecule has 0 bridgehead atoms. The first kappa shape index (κ1) is 21.0. The zero-order valence-corrected chi connectivity index (χ0v) is 18.4. The summed E-state index contributed by atoms with van der Waals surface area (Å²) in [5, 5.41) is 0.577. The van der Waals surface area contributed by atoms with Crippen LogP contribution in [-0.2, 0) is 9.84 Å². The van der Waals surface area contributed by atoms with Crippen molar-refractivity contribution < 1.29 is 18.0 Å². The summed E-state index contributed by atoms with van der Waals surface area (Å²) in [6.45, 7) is 0.810. The summed E-state index contributed by atoms with van der Waals surface area (Å²) in [5.41, 5.74) is 0.773. The van der Waals surface area contributed by atoms with Gasteiger partial charge in [-0.05, 0) is 55.3 Å². The zero-order valence-electron chi connectivity index (χ0n) is 15.2. The Morgan fingerprint density at radius 1 is 1.07 bits per heavy atom. The average molecular weight is 485 g/mol. The first-order chi connectivity index (χ1) is 13.2. The van der Waals surface area contributed by atoms with Crippen LogP contribution in [0.5, 0.6) is 0 Å². The Kier molecular flexibility index (Phi) is 6.27. The van der Waals surface area contributed by atoms with Crippen molar-refractivity contribution in [3.63, 3.8) is 0 Å². The molecule has 8 heteroatoms. The SMILES string of the molecule is CS(=O)(=O)c1cc(Br)ccc1C(=O)N1CCC(C(=O)c2ccc(Cl)cc2)CC1. The fourth-order valence-corrected chi connectivity index (χ4v) is 4.88. The third-order valence-electron chi connectivity index (χ3n) is 4.86.